The Morgan fingerprint density at radius 2 is 2.09 bits per heavy atom. The van der Waals surface area contributed by atoms with Crippen molar-refractivity contribution in [3.8, 4) is 0 Å². The number of hydrogen-bond acceptors (Lipinski definition) is 7. The third-order valence-electron chi connectivity index (χ3n) is 6.28. The average Bonchev–Trinajstić information content (AvgIpc) is 3.50. The van der Waals surface area contributed by atoms with Crippen LogP contribution in [-0.4, -0.2) is 73.2 Å². The second-order valence-electron chi connectivity index (χ2n) is 8.36. The van der Waals surface area contributed by atoms with Crippen molar-refractivity contribution in [1.29, 1.82) is 0 Å². The number of anilines is 3. The van der Waals surface area contributed by atoms with Crippen LogP contribution in [0.5, 0.6) is 0 Å². The minimum absolute atomic E-state index is 0.120. The Hall–Kier alpha value is -4.48. The molecule has 12 nitrogen and oxygen atoms in total. The maximum atomic E-state index is 13.2. The number of amides is 4. The molecule has 5 rings (SSSR count). The molecule has 2 aliphatic rings. The first kappa shape index (κ1) is 22.3. The van der Waals surface area contributed by atoms with Crippen LogP contribution in [0.1, 0.15) is 24.7 Å². The molecule has 3 N–H and O–H groups in total. The highest BCUT2D eigenvalue weighted by molar-refractivity contribution is 6.02. The molecule has 0 saturated carbocycles. The van der Waals surface area contributed by atoms with E-state index in [-0.39, 0.29) is 42.8 Å². The van der Waals surface area contributed by atoms with Gasteiger partial charge in [0, 0.05) is 38.2 Å². The number of imidazole rings is 1. The van der Waals surface area contributed by atoms with E-state index in [1.807, 2.05) is 0 Å². The molecule has 0 bridgehead atoms. The number of pyridine rings is 1. The van der Waals surface area contributed by atoms with Crippen molar-refractivity contribution in [2.75, 3.05) is 42.1 Å². The zero-order chi connectivity index (χ0) is 24.5. The number of likely N-dealkylation sites (tertiary alicyclic amines) is 1. The van der Waals surface area contributed by atoms with E-state index in [0.29, 0.717) is 35.9 Å². The van der Waals surface area contributed by atoms with Crippen LogP contribution >= 0.6 is 0 Å². The molecule has 0 spiro atoms. The van der Waals surface area contributed by atoms with Crippen molar-refractivity contribution in [3.63, 3.8) is 0 Å². The van der Waals surface area contributed by atoms with Crippen LogP contribution in [0.25, 0.3) is 5.52 Å². The van der Waals surface area contributed by atoms with E-state index in [9.17, 15) is 14.4 Å². The van der Waals surface area contributed by atoms with Crippen LogP contribution in [0.15, 0.2) is 49.6 Å². The summed E-state index contributed by atoms with van der Waals surface area (Å²) in [6.07, 6.45) is 9.30. The monoisotopic (exact) mass is 475 g/mol. The summed E-state index contributed by atoms with van der Waals surface area (Å²) >= 11 is 0. The number of nitrogens with zero attached hydrogens (tertiary/aromatic N) is 7. The summed E-state index contributed by atoms with van der Waals surface area (Å²) in [5.41, 5.74) is 7.27. The van der Waals surface area contributed by atoms with Gasteiger partial charge in [-0.1, -0.05) is 6.58 Å². The fraction of sp³-hybridized carbons (Fsp3) is 0.304. The first-order valence-electron chi connectivity index (χ1n) is 11.3. The van der Waals surface area contributed by atoms with Crippen LogP contribution in [0.2, 0.25) is 0 Å². The minimum atomic E-state index is -0.382. The van der Waals surface area contributed by atoms with Crippen LogP contribution in [-0.2, 0) is 9.59 Å². The van der Waals surface area contributed by atoms with Crippen LogP contribution < -0.4 is 16.0 Å². The van der Waals surface area contributed by atoms with Gasteiger partial charge in [0.25, 0.3) is 0 Å². The maximum absolute atomic E-state index is 13.2. The second kappa shape index (κ2) is 9.05. The number of carbonyl (C=O) groups excluding carboxylic acids is 3. The number of urea groups is 1. The first-order valence-corrected chi connectivity index (χ1v) is 11.3. The van der Waals surface area contributed by atoms with Gasteiger partial charge < -0.3 is 20.9 Å². The number of carbonyl (C=O) groups is 3. The highest BCUT2D eigenvalue weighted by atomic mass is 16.2. The topological polar surface area (TPSA) is 142 Å². The molecule has 3 aromatic heterocycles. The summed E-state index contributed by atoms with van der Waals surface area (Å²) in [5, 5.41) is 2.75. The van der Waals surface area contributed by atoms with E-state index in [1.165, 1.54) is 22.1 Å². The van der Waals surface area contributed by atoms with Gasteiger partial charge in [0.2, 0.25) is 11.8 Å². The smallest absolute Gasteiger partial charge is 0.322 e. The van der Waals surface area contributed by atoms with Gasteiger partial charge in [0.1, 0.15) is 17.9 Å². The Kier molecular flexibility index (Phi) is 5.77. The largest absolute Gasteiger partial charge is 0.382 e. The summed E-state index contributed by atoms with van der Waals surface area (Å²) in [7, 11) is 0. The molecule has 180 valence electrons. The number of rotatable bonds is 4. The molecular formula is C23H25N9O3. The van der Waals surface area contributed by atoms with Crippen molar-refractivity contribution < 1.29 is 14.4 Å². The molecule has 4 amide bonds. The van der Waals surface area contributed by atoms with Crippen molar-refractivity contribution in [1.82, 2.24) is 29.2 Å². The normalized spacial score (nSPS) is 18.2. The van der Waals surface area contributed by atoms with Gasteiger partial charge in [-0.15, -0.1) is 0 Å². The molecule has 35 heavy (non-hydrogen) atoms. The predicted molar refractivity (Wildman–Crippen MR) is 128 cm³/mol. The van der Waals surface area contributed by atoms with Gasteiger partial charge in [-0.3, -0.25) is 23.9 Å². The Morgan fingerprint density at radius 1 is 1.23 bits per heavy atom. The maximum Gasteiger partial charge on any atom is 0.322 e. The number of nitrogens with two attached hydrogens (primary N) is 1. The summed E-state index contributed by atoms with van der Waals surface area (Å²) in [5.74, 6) is 0.752. The number of nitrogens with one attached hydrogen (secondary N) is 1. The second-order valence-corrected chi connectivity index (χ2v) is 8.36. The lowest BCUT2D eigenvalue weighted by molar-refractivity contribution is -0.127. The average molecular weight is 476 g/mol. The van der Waals surface area contributed by atoms with Crippen molar-refractivity contribution in [3.05, 3.63) is 55.4 Å². The molecule has 0 radical (unpaired) electrons. The van der Waals surface area contributed by atoms with E-state index in [1.54, 1.807) is 40.0 Å². The molecule has 0 aliphatic carbocycles. The van der Waals surface area contributed by atoms with Gasteiger partial charge in [0.05, 0.1) is 17.9 Å². The van der Waals surface area contributed by atoms with E-state index < -0.39 is 0 Å². The van der Waals surface area contributed by atoms with Gasteiger partial charge in [-0.25, -0.2) is 14.8 Å². The molecule has 5 heterocycles. The summed E-state index contributed by atoms with van der Waals surface area (Å²) in [6.45, 7) is 4.62. The zero-order valence-electron chi connectivity index (χ0n) is 19.0. The third kappa shape index (κ3) is 4.03. The molecule has 12 heteroatoms. The number of nitrogen functional groups attached to an aromatic ring is 1. The fourth-order valence-electron chi connectivity index (χ4n) is 4.62. The SMILES string of the molecule is C=CC(=O)N1CCCC1c1nc(N2CCN(C(=O)Nc3cccnc3)CC2=O)c2c(N)nccn12. The van der Waals surface area contributed by atoms with E-state index >= 15 is 0 Å². The number of hydrogen-bond donors (Lipinski definition) is 2. The Balaban J connectivity index is 1.42. The lowest BCUT2D eigenvalue weighted by atomic mass is 10.2. The lowest BCUT2D eigenvalue weighted by Crippen LogP contribution is -2.53. The Morgan fingerprint density at radius 3 is 2.83 bits per heavy atom. The van der Waals surface area contributed by atoms with Crippen molar-refractivity contribution in [2.45, 2.75) is 18.9 Å². The highest BCUT2D eigenvalue weighted by Crippen LogP contribution is 2.36. The fourth-order valence-corrected chi connectivity index (χ4v) is 4.62. The third-order valence-corrected chi connectivity index (χ3v) is 6.28. The molecule has 2 saturated heterocycles. The van der Waals surface area contributed by atoms with Crippen LogP contribution in [0, 0.1) is 0 Å². The lowest BCUT2D eigenvalue weighted by Gasteiger charge is -2.33. The number of piperazine rings is 1. The predicted octanol–water partition coefficient (Wildman–Crippen LogP) is 1.44. The molecule has 1 atom stereocenters. The van der Waals surface area contributed by atoms with E-state index in [0.717, 1.165) is 12.8 Å². The van der Waals surface area contributed by atoms with E-state index in [4.69, 9.17) is 10.7 Å². The molecule has 0 aromatic carbocycles. The molecule has 2 fully saturated rings. The zero-order valence-corrected chi connectivity index (χ0v) is 19.0. The number of aromatic nitrogens is 4. The van der Waals surface area contributed by atoms with Gasteiger partial charge in [-0.2, -0.15) is 0 Å². The first-order chi connectivity index (χ1) is 17.0. The summed E-state index contributed by atoms with van der Waals surface area (Å²) in [6, 6.07) is 2.78. The Bertz CT molecular complexity index is 1310. The highest BCUT2D eigenvalue weighted by Gasteiger charge is 2.36. The standard InChI is InChI=1S/C23H25N9O3/c1-2-17(33)30-9-4-6-16(30)21-28-22(19-20(24)26-8-10-32(19)21)31-12-11-29(14-18(31)34)23(35)27-15-5-3-7-25-13-15/h2-3,5,7-8,10,13,16H,1,4,6,9,11-12,14H2,(H2,24,26)(H,27,35). The minimum Gasteiger partial charge on any atom is -0.382 e. The van der Waals surface area contributed by atoms with Gasteiger partial charge >= 0.3 is 6.03 Å². The molecule has 3 aromatic rings. The van der Waals surface area contributed by atoms with Crippen molar-refractivity contribution >= 4 is 40.7 Å². The van der Waals surface area contributed by atoms with E-state index in [2.05, 4.69) is 21.9 Å². The molecule has 1 unspecified atom stereocenters. The molecule has 2 aliphatic heterocycles. The summed E-state index contributed by atoms with van der Waals surface area (Å²) < 4.78 is 1.80. The van der Waals surface area contributed by atoms with Gasteiger partial charge in [-0.05, 0) is 31.1 Å². The Labute approximate surface area is 201 Å². The van der Waals surface area contributed by atoms with Crippen LogP contribution in [0.4, 0.5) is 22.1 Å². The van der Waals surface area contributed by atoms with Crippen molar-refractivity contribution in [2.24, 2.45) is 0 Å². The quantitative estimate of drug-likeness (QED) is 0.544. The summed E-state index contributed by atoms with van der Waals surface area (Å²) in [4.78, 5) is 55.9. The number of fused-ring (bicyclic) bond motifs is 1. The van der Waals surface area contributed by atoms with Crippen LogP contribution in [0.3, 0.4) is 0 Å². The van der Waals surface area contributed by atoms with Gasteiger partial charge in [0.15, 0.2) is 11.6 Å². The molecular weight excluding hydrogens is 450 g/mol.